The first-order valence-corrected chi connectivity index (χ1v) is 10.1. The van der Waals surface area contributed by atoms with E-state index >= 15 is 0 Å². The number of pyridine rings is 1. The second-order valence-electron chi connectivity index (χ2n) is 6.56. The predicted molar refractivity (Wildman–Crippen MR) is 103 cm³/mol. The van der Waals surface area contributed by atoms with Gasteiger partial charge in [0.1, 0.15) is 10.9 Å². The summed E-state index contributed by atoms with van der Waals surface area (Å²) < 4.78 is 28.5. The summed E-state index contributed by atoms with van der Waals surface area (Å²) in [4.78, 5) is 17.0. The van der Waals surface area contributed by atoms with Crippen LogP contribution in [0, 0.1) is 6.92 Å². The van der Waals surface area contributed by atoms with Crippen molar-refractivity contribution in [3.05, 3.63) is 71.9 Å². The van der Waals surface area contributed by atoms with Gasteiger partial charge in [-0.25, -0.2) is 8.42 Å². The third-order valence-corrected chi connectivity index (χ3v) is 6.56. The summed E-state index contributed by atoms with van der Waals surface area (Å²) in [5.74, 6) is -0.319. The van der Waals surface area contributed by atoms with Crippen molar-refractivity contribution in [2.75, 3.05) is 13.1 Å². The Balaban J connectivity index is 1.89. The lowest BCUT2D eigenvalue weighted by molar-refractivity contribution is -0.126. The molecule has 0 saturated carbocycles. The maximum Gasteiger partial charge on any atom is 0.246 e. The number of hydrogen-bond donors (Lipinski definition) is 1. The van der Waals surface area contributed by atoms with Gasteiger partial charge in [-0.1, -0.05) is 36.4 Å². The molecule has 4 rings (SSSR count). The van der Waals surface area contributed by atoms with E-state index in [2.05, 4.69) is 10.3 Å². The molecule has 0 bridgehead atoms. The van der Waals surface area contributed by atoms with Crippen molar-refractivity contribution >= 4 is 26.8 Å². The van der Waals surface area contributed by atoms with E-state index in [0.717, 1.165) is 10.9 Å². The van der Waals surface area contributed by atoms with E-state index in [0.29, 0.717) is 11.1 Å². The normalized spacial score (nSPS) is 18.4. The average molecular weight is 381 g/mol. The highest BCUT2D eigenvalue weighted by Crippen LogP contribution is 2.32. The molecule has 7 heteroatoms. The molecule has 0 radical (unpaired) electrons. The number of nitrogens with one attached hydrogen (secondary N) is 1. The average Bonchev–Trinajstić information content (AvgIpc) is 2.67. The highest BCUT2D eigenvalue weighted by molar-refractivity contribution is 7.89. The van der Waals surface area contributed by atoms with E-state index in [9.17, 15) is 13.2 Å². The first kappa shape index (κ1) is 17.6. The predicted octanol–water partition coefficient (Wildman–Crippen LogP) is 2.41. The highest BCUT2D eigenvalue weighted by Gasteiger charge is 2.40. The Labute approximate surface area is 157 Å². The van der Waals surface area contributed by atoms with Crippen molar-refractivity contribution in [1.82, 2.24) is 14.6 Å². The molecule has 0 aliphatic carbocycles. The van der Waals surface area contributed by atoms with Crippen LogP contribution in [-0.4, -0.2) is 36.7 Å². The molecule has 1 saturated heterocycles. The first-order valence-electron chi connectivity index (χ1n) is 8.68. The zero-order valence-electron chi connectivity index (χ0n) is 14.8. The van der Waals surface area contributed by atoms with E-state index < -0.39 is 16.1 Å². The van der Waals surface area contributed by atoms with Crippen molar-refractivity contribution in [2.24, 2.45) is 0 Å². The molecule has 1 N–H and O–H groups in total. The number of amides is 1. The van der Waals surface area contributed by atoms with Gasteiger partial charge in [0.25, 0.3) is 0 Å². The molecular formula is C20H19N3O3S. The van der Waals surface area contributed by atoms with Crippen LogP contribution in [0.25, 0.3) is 10.9 Å². The maximum atomic E-state index is 13.6. The molecule has 2 aromatic carbocycles. The molecule has 0 spiro atoms. The molecule has 2 heterocycles. The summed E-state index contributed by atoms with van der Waals surface area (Å²) in [6.07, 6.45) is 1.58. The minimum absolute atomic E-state index is 0.133. The number of hydrogen-bond acceptors (Lipinski definition) is 4. The smallest absolute Gasteiger partial charge is 0.246 e. The number of aryl methyl sites for hydroxylation is 1. The topological polar surface area (TPSA) is 79.4 Å². The van der Waals surface area contributed by atoms with Gasteiger partial charge in [-0.3, -0.25) is 9.78 Å². The van der Waals surface area contributed by atoms with Crippen molar-refractivity contribution in [1.29, 1.82) is 0 Å². The van der Waals surface area contributed by atoms with Gasteiger partial charge in [0.2, 0.25) is 15.9 Å². The van der Waals surface area contributed by atoms with Crippen molar-refractivity contribution in [3.8, 4) is 0 Å². The molecule has 1 fully saturated rings. The van der Waals surface area contributed by atoms with E-state index in [-0.39, 0.29) is 23.9 Å². The van der Waals surface area contributed by atoms with Gasteiger partial charge in [0.05, 0.1) is 5.52 Å². The maximum absolute atomic E-state index is 13.6. The molecule has 6 nitrogen and oxygen atoms in total. The Morgan fingerprint density at radius 1 is 1.11 bits per heavy atom. The van der Waals surface area contributed by atoms with Gasteiger partial charge in [0, 0.05) is 24.7 Å². The summed E-state index contributed by atoms with van der Waals surface area (Å²) in [6, 6.07) is 15.2. The number of carbonyl (C=O) groups is 1. The molecule has 27 heavy (non-hydrogen) atoms. The Bertz CT molecular complexity index is 1110. The summed E-state index contributed by atoms with van der Waals surface area (Å²) in [7, 11) is -3.93. The Morgan fingerprint density at radius 3 is 2.67 bits per heavy atom. The van der Waals surface area contributed by atoms with Crippen LogP contribution in [0.5, 0.6) is 0 Å². The Hall–Kier alpha value is -2.77. The zero-order chi connectivity index (χ0) is 19.0. The Morgan fingerprint density at radius 2 is 1.89 bits per heavy atom. The van der Waals surface area contributed by atoms with Gasteiger partial charge in [-0.15, -0.1) is 0 Å². The molecule has 3 aromatic rings. The number of piperazine rings is 1. The van der Waals surface area contributed by atoms with E-state index in [4.69, 9.17) is 0 Å². The van der Waals surface area contributed by atoms with E-state index in [1.54, 1.807) is 42.6 Å². The van der Waals surface area contributed by atoms with Gasteiger partial charge in [0.15, 0.2) is 0 Å². The van der Waals surface area contributed by atoms with E-state index in [1.165, 1.54) is 4.31 Å². The molecule has 1 amide bonds. The summed E-state index contributed by atoms with van der Waals surface area (Å²) in [5, 5.41) is 3.53. The number of nitrogens with zero attached hydrogens (tertiary/aromatic N) is 2. The highest BCUT2D eigenvalue weighted by atomic mass is 32.2. The molecule has 1 aliphatic heterocycles. The second kappa shape index (κ2) is 6.75. The minimum atomic E-state index is -3.93. The lowest BCUT2D eigenvalue weighted by atomic mass is 10.1. The summed E-state index contributed by atoms with van der Waals surface area (Å²) in [6.45, 7) is 2.33. The third kappa shape index (κ3) is 3.09. The number of rotatable bonds is 3. The lowest BCUT2D eigenvalue weighted by Gasteiger charge is -2.34. The molecule has 1 unspecified atom stereocenters. The summed E-state index contributed by atoms with van der Waals surface area (Å²) >= 11 is 0. The van der Waals surface area contributed by atoms with E-state index in [1.807, 2.05) is 25.1 Å². The van der Waals surface area contributed by atoms with Crippen molar-refractivity contribution in [3.63, 3.8) is 0 Å². The molecule has 138 valence electrons. The standard InChI is InChI=1S/C20H19N3O3S/c1-14-12-16-8-5-9-21-18(16)17(13-14)27(25,26)23-11-10-22-20(24)19(23)15-6-3-2-4-7-15/h2-9,12-13,19H,10-11H2,1H3,(H,22,24). The number of sulfonamides is 1. The number of benzene rings is 2. The minimum Gasteiger partial charge on any atom is -0.353 e. The molecular weight excluding hydrogens is 362 g/mol. The largest absolute Gasteiger partial charge is 0.353 e. The molecule has 1 atom stereocenters. The SMILES string of the molecule is Cc1cc(S(=O)(=O)N2CCNC(=O)C2c2ccccc2)c2ncccc2c1. The molecule has 1 aliphatic rings. The van der Waals surface area contributed by atoms with Crippen LogP contribution >= 0.6 is 0 Å². The van der Waals surface area contributed by atoms with Gasteiger partial charge in [-0.05, 0) is 36.2 Å². The van der Waals surface area contributed by atoms with Crippen molar-refractivity contribution in [2.45, 2.75) is 17.9 Å². The quantitative estimate of drug-likeness (QED) is 0.756. The third-order valence-electron chi connectivity index (χ3n) is 4.68. The fourth-order valence-corrected chi connectivity index (χ4v) is 5.31. The fraction of sp³-hybridized carbons (Fsp3) is 0.200. The van der Waals surface area contributed by atoms with Gasteiger partial charge in [-0.2, -0.15) is 4.31 Å². The van der Waals surface area contributed by atoms with Crippen LogP contribution in [0.2, 0.25) is 0 Å². The number of fused-ring (bicyclic) bond motifs is 1. The van der Waals surface area contributed by atoms with Crippen LogP contribution in [0.15, 0.2) is 65.7 Å². The van der Waals surface area contributed by atoms with Crippen LogP contribution < -0.4 is 5.32 Å². The van der Waals surface area contributed by atoms with Gasteiger partial charge < -0.3 is 5.32 Å². The lowest BCUT2D eigenvalue weighted by Crippen LogP contribution is -2.52. The first-order chi connectivity index (χ1) is 13.0. The van der Waals surface area contributed by atoms with Crippen LogP contribution in [0.1, 0.15) is 17.2 Å². The fourth-order valence-electron chi connectivity index (χ4n) is 3.48. The van der Waals surface area contributed by atoms with Crippen LogP contribution in [0.3, 0.4) is 0 Å². The monoisotopic (exact) mass is 381 g/mol. The zero-order valence-corrected chi connectivity index (χ0v) is 15.6. The summed E-state index contributed by atoms with van der Waals surface area (Å²) in [5.41, 5.74) is 1.89. The molecule has 1 aromatic heterocycles. The van der Waals surface area contributed by atoms with Crippen LogP contribution in [-0.2, 0) is 14.8 Å². The van der Waals surface area contributed by atoms with Crippen LogP contribution in [0.4, 0.5) is 0 Å². The second-order valence-corrected chi connectivity index (χ2v) is 8.42. The Kier molecular flexibility index (Phi) is 4.41. The van der Waals surface area contributed by atoms with Gasteiger partial charge >= 0.3 is 0 Å². The number of aromatic nitrogens is 1. The number of carbonyl (C=O) groups excluding carboxylic acids is 1. The van der Waals surface area contributed by atoms with Crippen molar-refractivity contribution < 1.29 is 13.2 Å².